The Hall–Kier alpha value is -2.36. The average Bonchev–Trinajstić information content (AvgIpc) is 2.96. The Bertz CT molecular complexity index is 773. The van der Waals surface area contributed by atoms with Crippen LogP contribution in [0.1, 0.15) is 43.1 Å². The van der Waals surface area contributed by atoms with Crippen molar-refractivity contribution in [3.8, 4) is 0 Å². The molecule has 1 aromatic carbocycles. The van der Waals surface area contributed by atoms with Crippen LogP contribution in [-0.4, -0.2) is 34.2 Å². The van der Waals surface area contributed by atoms with E-state index in [0.717, 1.165) is 23.9 Å². The number of nitrogens with zero attached hydrogens (tertiary/aromatic N) is 2. The molecule has 0 fully saturated rings. The third-order valence-electron chi connectivity index (χ3n) is 4.50. The van der Waals surface area contributed by atoms with Crippen LogP contribution < -0.4 is 0 Å². The molecule has 0 aliphatic carbocycles. The SMILES string of the molecule is CC[C@@H](C(=O)N1CC=CCC1)n1cc(C(C)=O)c2ccccc21. The number of rotatable bonds is 4. The number of carbonyl (C=O) groups excluding carboxylic acids is 2. The van der Waals surface area contributed by atoms with Crippen LogP contribution in [0.15, 0.2) is 42.6 Å². The van der Waals surface area contributed by atoms with Crippen molar-refractivity contribution in [2.75, 3.05) is 13.1 Å². The third kappa shape index (κ3) is 2.81. The van der Waals surface area contributed by atoms with Crippen LogP contribution in [0.5, 0.6) is 0 Å². The van der Waals surface area contributed by atoms with Gasteiger partial charge < -0.3 is 9.47 Å². The summed E-state index contributed by atoms with van der Waals surface area (Å²) in [4.78, 5) is 26.8. The van der Waals surface area contributed by atoms with Crippen LogP contribution in [0.3, 0.4) is 0 Å². The summed E-state index contributed by atoms with van der Waals surface area (Å²) in [5, 5.41) is 0.921. The number of hydrogen-bond acceptors (Lipinski definition) is 2. The molecule has 23 heavy (non-hydrogen) atoms. The van der Waals surface area contributed by atoms with Gasteiger partial charge in [-0.25, -0.2) is 0 Å². The van der Waals surface area contributed by atoms with Gasteiger partial charge in [-0.05, 0) is 25.8 Å². The number of para-hydroxylation sites is 1. The van der Waals surface area contributed by atoms with Gasteiger partial charge in [0, 0.05) is 35.8 Å². The van der Waals surface area contributed by atoms with Crippen LogP contribution >= 0.6 is 0 Å². The maximum absolute atomic E-state index is 12.9. The zero-order valence-electron chi connectivity index (χ0n) is 13.7. The summed E-state index contributed by atoms with van der Waals surface area (Å²) >= 11 is 0. The molecule has 1 aromatic heterocycles. The summed E-state index contributed by atoms with van der Waals surface area (Å²) in [5.41, 5.74) is 1.64. The van der Waals surface area contributed by atoms with E-state index in [-0.39, 0.29) is 17.7 Å². The number of hydrogen-bond donors (Lipinski definition) is 0. The molecule has 4 nitrogen and oxygen atoms in total. The highest BCUT2D eigenvalue weighted by Gasteiger charge is 2.26. The van der Waals surface area contributed by atoms with Crippen molar-refractivity contribution >= 4 is 22.6 Å². The van der Waals surface area contributed by atoms with Gasteiger partial charge in [0.2, 0.25) is 5.91 Å². The third-order valence-corrected chi connectivity index (χ3v) is 4.50. The van der Waals surface area contributed by atoms with E-state index in [2.05, 4.69) is 6.08 Å². The number of ketones is 1. The molecule has 3 rings (SSSR count). The molecule has 0 saturated heterocycles. The summed E-state index contributed by atoms with van der Waals surface area (Å²) in [7, 11) is 0. The van der Waals surface area contributed by atoms with Crippen molar-refractivity contribution in [3.63, 3.8) is 0 Å². The Labute approximate surface area is 136 Å². The molecular formula is C19H22N2O2. The lowest BCUT2D eigenvalue weighted by atomic mass is 10.1. The van der Waals surface area contributed by atoms with E-state index < -0.39 is 0 Å². The molecular weight excluding hydrogens is 288 g/mol. The second-order valence-corrected chi connectivity index (χ2v) is 5.99. The molecule has 4 heteroatoms. The molecule has 1 amide bonds. The first-order chi connectivity index (χ1) is 11.1. The second-order valence-electron chi connectivity index (χ2n) is 5.99. The van der Waals surface area contributed by atoms with Gasteiger partial charge in [-0.3, -0.25) is 9.59 Å². The number of benzene rings is 1. The molecule has 0 radical (unpaired) electrons. The van der Waals surface area contributed by atoms with Gasteiger partial charge in [0.05, 0.1) is 0 Å². The second kappa shape index (κ2) is 6.41. The Morgan fingerprint density at radius 1 is 1.22 bits per heavy atom. The molecule has 0 spiro atoms. The van der Waals surface area contributed by atoms with Gasteiger partial charge in [0.1, 0.15) is 6.04 Å². The highest BCUT2D eigenvalue weighted by molar-refractivity contribution is 6.07. The Morgan fingerprint density at radius 3 is 2.65 bits per heavy atom. The van der Waals surface area contributed by atoms with Crippen molar-refractivity contribution in [2.45, 2.75) is 32.7 Å². The maximum atomic E-state index is 12.9. The van der Waals surface area contributed by atoms with Crippen LogP contribution in [0, 0.1) is 0 Å². The number of amides is 1. The molecule has 0 saturated carbocycles. The minimum atomic E-state index is -0.264. The van der Waals surface area contributed by atoms with E-state index in [0.29, 0.717) is 18.5 Å². The highest BCUT2D eigenvalue weighted by atomic mass is 16.2. The van der Waals surface area contributed by atoms with Crippen molar-refractivity contribution < 1.29 is 9.59 Å². The van der Waals surface area contributed by atoms with Gasteiger partial charge in [0.25, 0.3) is 0 Å². The Morgan fingerprint density at radius 2 is 2.00 bits per heavy atom. The minimum Gasteiger partial charge on any atom is -0.337 e. The van der Waals surface area contributed by atoms with Gasteiger partial charge >= 0.3 is 0 Å². The molecule has 0 bridgehead atoms. The lowest BCUT2D eigenvalue weighted by Gasteiger charge is -2.28. The van der Waals surface area contributed by atoms with Gasteiger partial charge in [-0.1, -0.05) is 37.3 Å². The van der Waals surface area contributed by atoms with E-state index in [1.807, 2.05) is 52.9 Å². The quantitative estimate of drug-likeness (QED) is 0.640. The average molecular weight is 310 g/mol. The highest BCUT2D eigenvalue weighted by Crippen LogP contribution is 2.28. The van der Waals surface area contributed by atoms with Crippen molar-refractivity contribution in [1.29, 1.82) is 0 Å². The largest absolute Gasteiger partial charge is 0.337 e. The fourth-order valence-corrected chi connectivity index (χ4v) is 3.29. The predicted molar refractivity (Wildman–Crippen MR) is 91.6 cm³/mol. The van der Waals surface area contributed by atoms with Crippen molar-refractivity contribution in [1.82, 2.24) is 9.47 Å². The number of fused-ring (bicyclic) bond motifs is 1. The molecule has 0 N–H and O–H groups in total. The number of aromatic nitrogens is 1. The molecule has 1 aliphatic heterocycles. The number of Topliss-reactive ketones (excluding diaryl/α,β-unsaturated/α-hetero) is 1. The first-order valence-electron chi connectivity index (χ1n) is 8.17. The van der Waals surface area contributed by atoms with Gasteiger partial charge in [-0.15, -0.1) is 0 Å². The fraction of sp³-hybridized carbons (Fsp3) is 0.368. The van der Waals surface area contributed by atoms with Crippen LogP contribution in [0.2, 0.25) is 0 Å². The molecule has 2 heterocycles. The number of carbonyl (C=O) groups is 2. The van der Waals surface area contributed by atoms with E-state index in [9.17, 15) is 9.59 Å². The van der Waals surface area contributed by atoms with E-state index in [1.54, 1.807) is 6.92 Å². The van der Waals surface area contributed by atoms with Crippen LogP contribution in [-0.2, 0) is 4.79 Å². The normalized spacial score (nSPS) is 15.8. The summed E-state index contributed by atoms with van der Waals surface area (Å²) < 4.78 is 1.98. The summed E-state index contributed by atoms with van der Waals surface area (Å²) in [6, 6.07) is 7.54. The topological polar surface area (TPSA) is 42.3 Å². The zero-order chi connectivity index (χ0) is 16.4. The molecule has 1 aliphatic rings. The van der Waals surface area contributed by atoms with Gasteiger partial charge in [-0.2, -0.15) is 0 Å². The van der Waals surface area contributed by atoms with E-state index in [1.165, 1.54) is 0 Å². The fourth-order valence-electron chi connectivity index (χ4n) is 3.29. The lowest BCUT2D eigenvalue weighted by Crippen LogP contribution is -2.39. The first-order valence-corrected chi connectivity index (χ1v) is 8.17. The van der Waals surface area contributed by atoms with Gasteiger partial charge in [0.15, 0.2) is 5.78 Å². The van der Waals surface area contributed by atoms with Crippen LogP contribution in [0.25, 0.3) is 10.9 Å². The van der Waals surface area contributed by atoms with Crippen molar-refractivity contribution in [3.05, 3.63) is 48.2 Å². The molecule has 2 aromatic rings. The monoisotopic (exact) mass is 310 g/mol. The lowest BCUT2D eigenvalue weighted by molar-refractivity contribution is -0.134. The van der Waals surface area contributed by atoms with E-state index in [4.69, 9.17) is 0 Å². The minimum absolute atomic E-state index is 0.0307. The summed E-state index contributed by atoms with van der Waals surface area (Å²) in [6.45, 7) is 5.04. The first kappa shape index (κ1) is 15.5. The van der Waals surface area contributed by atoms with E-state index >= 15 is 0 Å². The molecule has 120 valence electrons. The summed E-state index contributed by atoms with van der Waals surface area (Å²) in [5.74, 6) is 0.163. The summed E-state index contributed by atoms with van der Waals surface area (Å²) in [6.07, 6.45) is 7.62. The standard InChI is InChI=1S/C19H22N2O2/c1-3-17(19(23)20-11-7-4-8-12-20)21-13-16(14(2)22)15-9-5-6-10-18(15)21/h4-7,9-10,13,17H,3,8,11-12H2,1-2H3/t17-/m0/s1. The predicted octanol–water partition coefficient (Wildman–Crippen LogP) is 3.58. The smallest absolute Gasteiger partial charge is 0.245 e. The van der Waals surface area contributed by atoms with Crippen LogP contribution in [0.4, 0.5) is 0 Å². The molecule has 0 unspecified atom stereocenters. The zero-order valence-corrected chi connectivity index (χ0v) is 13.7. The molecule has 1 atom stereocenters. The maximum Gasteiger partial charge on any atom is 0.245 e. The Kier molecular flexibility index (Phi) is 4.33. The van der Waals surface area contributed by atoms with Crippen molar-refractivity contribution in [2.24, 2.45) is 0 Å². The Balaban J connectivity index is 2.04.